The highest BCUT2D eigenvalue weighted by Crippen LogP contribution is 2.42. The van der Waals surface area contributed by atoms with Crippen LogP contribution in [0.4, 0.5) is 0 Å². The van der Waals surface area contributed by atoms with Crippen LogP contribution < -0.4 is 4.74 Å². The van der Waals surface area contributed by atoms with Gasteiger partial charge in [-0.05, 0) is 35.4 Å². The van der Waals surface area contributed by atoms with Crippen molar-refractivity contribution in [3.05, 3.63) is 56.9 Å². The van der Waals surface area contributed by atoms with Crippen LogP contribution in [0.2, 0.25) is 0 Å². The number of carbonyl (C=O) groups is 1. The number of carbonyl (C=O) groups excluding carboxylic acids is 1. The maximum atomic E-state index is 13.1. The standard InChI is InChI=1S/C23H23N3O2S2/c1-4-19-25-26-23(30-19)20-21(27)18(29-22(20)24)11-14-9-10-17(28-12-13(2)3)16-8-6-5-7-15(14)16/h5-11,13,20,24H,4,12H2,1-3H3/b18-11-,24-22?/t20-/m1/s1. The molecule has 1 N–H and O–H groups in total. The molecule has 1 saturated heterocycles. The molecule has 1 fully saturated rings. The monoisotopic (exact) mass is 437 g/mol. The molecule has 1 aliphatic rings. The Morgan fingerprint density at radius 2 is 1.93 bits per heavy atom. The van der Waals surface area contributed by atoms with Crippen LogP contribution >= 0.6 is 23.1 Å². The van der Waals surface area contributed by atoms with Crippen molar-refractivity contribution in [2.45, 2.75) is 33.1 Å². The van der Waals surface area contributed by atoms with E-state index in [2.05, 4.69) is 24.0 Å². The number of nitrogens with zero attached hydrogens (tertiary/aromatic N) is 2. The third kappa shape index (κ3) is 4.04. The molecule has 0 spiro atoms. The summed E-state index contributed by atoms with van der Waals surface area (Å²) in [6, 6.07) is 12.0. The van der Waals surface area contributed by atoms with E-state index in [0.717, 1.165) is 33.5 Å². The predicted octanol–water partition coefficient (Wildman–Crippen LogP) is 5.71. The van der Waals surface area contributed by atoms with Crippen molar-refractivity contribution in [1.82, 2.24) is 10.2 Å². The van der Waals surface area contributed by atoms with Gasteiger partial charge in [0.05, 0.1) is 16.6 Å². The number of benzene rings is 2. The minimum Gasteiger partial charge on any atom is -0.493 e. The number of ether oxygens (including phenoxy) is 1. The third-order valence-corrected chi connectivity index (χ3v) is 6.92. The molecule has 154 valence electrons. The van der Waals surface area contributed by atoms with E-state index in [1.54, 1.807) is 0 Å². The summed E-state index contributed by atoms with van der Waals surface area (Å²) in [6.45, 7) is 6.90. The molecule has 0 saturated carbocycles. The lowest BCUT2D eigenvalue weighted by atomic mass is 10.0. The molecule has 1 atom stereocenters. The Kier molecular flexibility index (Phi) is 6.01. The van der Waals surface area contributed by atoms with Crippen molar-refractivity contribution in [1.29, 1.82) is 5.41 Å². The second kappa shape index (κ2) is 8.70. The number of allylic oxidation sites excluding steroid dienone is 1. The summed E-state index contributed by atoms with van der Waals surface area (Å²) >= 11 is 2.63. The number of aromatic nitrogens is 2. The molecule has 2 heterocycles. The Balaban J connectivity index is 1.69. The Labute approximate surface area is 184 Å². The summed E-state index contributed by atoms with van der Waals surface area (Å²) in [4.78, 5) is 13.7. The maximum Gasteiger partial charge on any atom is 0.186 e. The molecule has 2 aromatic carbocycles. The second-order valence-electron chi connectivity index (χ2n) is 7.56. The number of hydrogen-bond donors (Lipinski definition) is 1. The summed E-state index contributed by atoms with van der Waals surface area (Å²) in [5, 5.41) is 20.5. The lowest BCUT2D eigenvalue weighted by Crippen LogP contribution is -2.11. The molecule has 1 aliphatic heterocycles. The summed E-state index contributed by atoms with van der Waals surface area (Å²) in [5.74, 6) is 0.583. The van der Waals surface area contributed by atoms with Gasteiger partial charge in [-0.1, -0.05) is 62.9 Å². The Morgan fingerprint density at radius 1 is 1.17 bits per heavy atom. The van der Waals surface area contributed by atoms with Gasteiger partial charge in [0, 0.05) is 5.39 Å². The number of ketones is 1. The molecule has 0 unspecified atom stereocenters. The van der Waals surface area contributed by atoms with Crippen molar-refractivity contribution in [2.24, 2.45) is 5.92 Å². The van der Waals surface area contributed by atoms with Gasteiger partial charge in [-0.25, -0.2) is 0 Å². The SMILES string of the molecule is CCc1nnc([C@H]2C(=N)S/C(=C\c3ccc(OCC(C)C)c4ccccc34)C2=O)s1. The van der Waals surface area contributed by atoms with Crippen molar-refractivity contribution < 1.29 is 9.53 Å². The lowest BCUT2D eigenvalue weighted by Gasteiger charge is -2.13. The van der Waals surface area contributed by atoms with Gasteiger partial charge in [-0.15, -0.1) is 21.5 Å². The average molecular weight is 438 g/mol. The molecule has 0 bridgehead atoms. The molecule has 0 amide bonds. The Bertz CT molecular complexity index is 1150. The number of hydrogen-bond acceptors (Lipinski definition) is 7. The van der Waals surface area contributed by atoms with Crippen LogP contribution in [0.15, 0.2) is 41.3 Å². The molecular formula is C23H23N3O2S2. The van der Waals surface area contributed by atoms with Crippen LogP contribution in [0.3, 0.4) is 0 Å². The van der Waals surface area contributed by atoms with Crippen molar-refractivity contribution in [3.63, 3.8) is 0 Å². The minimum absolute atomic E-state index is 0.0759. The van der Waals surface area contributed by atoms with Gasteiger partial charge in [-0.3, -0.25) is 10.2 Å². The average Bonchev–Trinajstić information content (AvgIpc) is 3.31. The van der Waals surface area contributed by atoms with E-state index in [-0.39, 0.29) is 5.78 Å². The molecule has 1 aromatic heterocycles. The summed E-state index contributed by atoms with van der Waals surface area (Å²) < 4.78 is 5.99. The normalized spacial score (nSPS) is 18.1. The first-order chi connectivity index (χ1) is 14.5. The number of thioether (sulfide) groups is 1. The first-order valence-corrected chi connectivity index (χ1v) is 11.6. The first-order valence-electron chi connectivity index (χ1n) is 9.97. The largest absolute Gasteiger partial charge is 0.493 e. The third-order valence-electron chi connectivity index (χ3n) is 4.80. The highest BCUT2D eigenvalue weighted by atomic mass is 32.2. The van der Waals surface area contributed by atoms with E-state index in [1.807, 2.05) is 49.4 Å². The van der Waals surface area contributed by atoms with Gasteiger partial charge in [0.15, 0.2) is 5.78 Å². The maximum absolute atomic E-state index is 13.1. The quantitative estimate of drug-likeness (QED) is 0.500. The molecular weight excluding hydrogens is 414 g/mol. The Morgan fingerprint density at radius 3 is 2.63 bits per heavy atom. The number of aryl methyl sites for hydroxylation is 1. The summed E-state index contributed by atoms with van der Waals surface area (Å²) in [6.07, 6.45) is 2.66. The van der Waals surface area contributed by atoms with Crippen LogP contribution in [-0.2, 0) is 11.2 Å². The van der Waals surface area contributed by atoms with E-state index in [1.165, 1.54) is 23.1 Å². The van der Waals surface area contributed by atoms with Crippen molar-refractivity contribution >= 4 is 50.8 Å². The first kappa shape index (κ1) is 20.8. The predicted molar refractivity (Wildman–Crippen MR) is 125 cm³/mol. The van der Waals surface area contributed by atoms with E-state index in [4.69, 9.17) is 10.1 Å². The van der Waals surface area contributed by atoms with E-state index >= 15 is 0 Å². The number of nitrogens with one attached hydrogen (secondary N) is 1. The lowest BCUT2D eigenvalue weighted by molar-refractivity contribution is -0.114. The topological polar surface area (TPSA) is 75.9 Å². The highest BCUT2D eigenvalue weighted by molar-refractivity contribution is 8.19. The van der Waals surface area contributed by atoms with Gasteiger partial charge >= 0.3 is 0 Å². The fourth-order valence-electron chi connectivity index (χ4n) is 3.28. The van der Waals surface area contributed by atoms with Crippen LogP contribution in [0.5, 0.6) is 5.75 Å². The molecule has 0 radical (unpaired) electrons. The van der Waals surface area contributed by atoms with Gasteiger partial charge in [0.25, 0.3) is 0 Å². The minimum atomic E-state index is -0.626. The van der Waals surface area contributed by atoms with Gasteiger partial charge in [-0.2, -0.15) is 0 Å². The fourth-order valence-corrected chi connectivity index (χ4v) is 5.23. The molecule has 4 rings (SSSR count). The summed E-state index contributed by atoms with van der Waals surface area (Å²) in [7, 11) is 0. The van der Waals surface area contributed by atoms with Gasteiger partial charge in [0.2, 0.25) is 0 Å². The molecule has 0 aliphatic carbocycles. The van der Waals surface area contributed by atoms with Crippen LogP contribution in [-0.4, -0.2) is 27.6 Å². The fraction of sp³-hybridized carbons (Fsp3) is 0.304. The highest BCUT2D eigenvalue weighted by Gasteiger charge is 2.39. The van der Waals surface area contributed by atoms with Crippen LogP contribution in [0.1, 0.15) is 42.3 Å². The van der Waals surface area contributed by atoms with Crippen LogP contribution in [0.25, 0.3) is 16.8 Å². The smallest absolute Gasteiger partial charge is 0.186 e. The van der Waals surface area contributed by atoms with E-state index < -0.39 is 5.92 Å². The van der Waals surface area contributed by atoms with Gasteiger partial charge in [0.1, 0.15) is 21.7 Å². The molecule has 30 heavy (non-hydrogen) atoms. The summed E-state index contributed by atoms with van der Waals surface area (Å²) in [5.41, 5.74) is 0.943. The zero-order valence-corrected chi connectivity index (χ0v) is 18.8. The van der Waals surface area contributed by atoms with E-state index in [0.29, 0.717) is 27.5 Å². The molecule has 7 heteroatoms. The zero-order chi connectivity index (χ0) is 21.3. The Hall–Kier alpha value is -2.51. The van der Waals surface area contributed by atoms with Crippen molar-refractivity contribution in [3.8, 4) is 5.75 Å². The zero-order valence-electron chi connectivity index (χ0n) is 17.1. The van der Waals surface area contributed by atoms with E-state index in [9.17, 15) is 4.79 Å². The number of Topliss-reactive ketones (excluding diaryl/α,β-unsaturated/α-hetero) is 1. The number of fused-ring (bicyclic) bond motifs is 1. The van der Waals surface area contributed by atoms with Gasteiger partial charge < -0.3 is 4.74 Å². The molecule has 5 nitrogen and oxygen atoms in total. The second-order valence-corrected chi connectivity index (χ2v) is 9.74. The van der Waals surface area contributed by atoms with Crippen molar-refractivity contribution in [2.75, 3.05) is 6.61 Å². The van der Waals surface area contributed by atoms with Crippen LogP contribution in [0, 0.1) is 11.3 Å². The number of rotatable bonds is 6. The molecule has 3 aromatic rings.